The molecule has 28 heavy (non-hydrogen) atoms. The third-order valence-corrected chi connectivity index (χ3v) is 7.53. The lowest BCUT2D eigenvalue weighted by molar-refractivity contribution is 0.0409. The van der Waals surface area contributed by atoms with Gasteiger partial charge in [0.15, 0.2) is 0 Å². The Morgan fingerprint density at radius 2 is 1.07 bits per heavy atom. The molecule has 1 unspecified atom stereocenters. The molecular formula is C24H48N4. The third-order valence-electron chi connectivity index (χ3n) is 7.53. The Labute approximate surface area is 175 Å². The molecule has 0 N–H and O–H groups in total. The Hall–Kier alpha value is -0.160. The third kappa shape index (κ3) is 6.42. The van der Waals surface area contributed by atoms with E-state index in [0.29, 0.717) is 11.1 Å². The molecular weight excluding hydrogens is 344 g/mol. The van der Waals surface area contributed by atoms with E-state index in [9.17, 15) is 0 Å². The van der Waals surface area contributed by atoms with Crippen molar-refractivity contribution in [1.29, 1.82) is 0 Å². The zero-order valence-corrected chi connectivity index (χ0v) is 19.8. The number of hydrogen-bond donors (Lipinski definition) is 0. The average molecular weight is 393 g/mol. The molecule has 0 aromatic carbocycles. The summed E-state index contributed by atoms with van der Waals surface area (Å²) in [6.45, 7) is 27.2. The van der Waals surface area contributed by atoms with Crippen molar-refractivity contribution in [2.75, 3.05) is 65.4 Å². The molecule has 0 aliphatic carbocycles. The Morgan fingerprint density at radius 1 is 0.571 bits per heavy atom. The fraction of sp³-hybridized carbons (Fsp3) is 1.00. The monoisotopic (exact) mass is 392 g/mol. The molecule has 0 saturated carbocycles. The van der Waals surface area contributed by atoms with E-state index in [-0.39, 0.29) is 0 Å². The first-order valence-electron chi connectivity index (χ1n) is 12.1. The van der Waals surface area contributed by atoms with Crippen molar-refractivity contribution in [3.63, 3.8) is 0 Å². The highest BCUT2D eigenvalue weighted by molar-refractivity contribution is 4.86. The molecule has 1 atom stereocenters. The number of piperazine rings is 1. The van der Waals surface area contributed by atoms with Gasteiger partial charge in [-0.1, -0.05) is 0 Å². The van der Waals surface area contributed by atoms with E-state index in [4.69, 9.17) is 0 Å². The summed E-state index contributed by atoms with van der Waals surface area (Å²) in [4.78, 5) is 10.9. The van der Waals surface area contributed by atoms with Gasteiger partial charge in [-0.2, -0.15) is 0 Å². The van der Waals surface area contributed by atoms with Crippen LogP contribution in [0.25, 0.3) is 0 Å². The summed E-state index contributed by atoms with van der Waals surface area (Å²) < 4.78 is 0. The van der Waals surface area contributed by atoms with Crippen molar-refractivity contribution in [1.82, 2.24) is 19.6 Å². The fourth-order valence-corrected chi connectivity index (χ4v) is 5.49. The second-order valence-electron chi connectivity index (χ2n) is 11.8. The quantitative estimate of drug-likeness (QED) is 0.724. The maximum Gasteiger partial charge on any atom is 0.0125 e. The summed E-state index contributed by atoms with van der Waals surface area (Å²) in [6.07, 6.45) is 5.60. The highest BCUT2D eigenvalue weighted by Gasteiger charge is 2.31. The van der Waals surface area contributed by atoms with Crippen molar-refractivity contribution >= 4 is 0 Å². The maximum absolute atomic E-state index is 2.76. The summed E-state index contributed by atoms with van der Waals surface area (Å²) >= 11 is 0. The number of likely N-dealkylation sites (tertiary alicyclic amines) is 2. The standard InChI is InChI=1S/C24H48N4/c1-23(2,3)27-12-9-21(10-13-27)18-25-14-16-26(17-15-25)19-22-8-7-11-28(20-22)24(4,5)6/h21-22H,7-20H2,1-6H3. The van der Waals surface area contributed by atoms with E-state index in [0.717, 1.165) is 11.8 Å². The van der Waals surface area contributed by atoms with E-state index in [1.165, 1.54) is 91.1 Å². The lowest BCUT2D eigenvalue weighted by Gasteiger charge is -2.44. The zero-order valence-electron chi connectivity index (χ0n) is 19.8. The van der Waals surface area contributed by atoms with Crippen LogP contribution in [-0.2, 0) is 0 Å². The van der Waals surface area contributed by atoms with Crippen molar-refractivity contribution in [3.8, 4) is 0 Å². The lowest BCUT2D eigenvalue weighted by atomic mass is 9.92. The van der Waals surface area contributed by atoms with Crippen LogP contribution in [0.1, 0.15) is 67.2 Å². The van der Waals surface area contributed by atoms with Crippen LogP contribution in [-0.4, -0.2) is 96.1 Å². The van der Waals surface area contributed by atoms with Gasteiger partial charge in [0.05, 0.1) is 0 Å². The second kappa shape index (κ2) is 9.32. The average Bonchev–Trinajstić information content (AvgIpc) is 2.63. The van der Waals surface area contributed by atoms with Gasteiger partial charge >= 0.3 is 0 Å². The Morgan fingerprint density at radius 3 is 1.57 bits per heavy atom. The van der Waals surface area contributed by atoms with Crippen molar-refractivity contribution in [2.24, 2.45) is 11.8 Å². The molecule has 0 radical (unpaired) electrons. The highest BCUT2D eigenvalue weighted by atomic mass is 15.3. The van der Waals surface area contributed by atoms with Gasteiger partial charge in [-0.3, -0.25) is 9.80 Å². The molecule has 3 aliphatic heterocycles. The van der Waals surface area contributed by atoms with Gasteiger partial charge in [0.2, 0.25) is 0 Å². The van der Waals surface area contributed by atoms with E-state index in [1.54, 1.807) is 0 Å². The summed E-state index contributed by atoms with van der Waals surface area (Å²) in [5, 5.41) is 0. The fourth-order valence-electron chi connectivity index (χ4n) is 5.49. The van der Waals surface area contributed by atoms with Crippen LogP contribution < -0.4 is 0 Å². The molecule has 164 valence electrons. The minimum atomic E-state index is 0.333. The molecule has 3 saturated heterocycles. The molecule has 0 spiro atoms. The first-order chi connectivity index (χ1) is 13.1. The van der Waals surface area contributed by atoms with Gasteiger partial charge in [-0.15, -0.1) is 0 Å². The topological polar surface area (TPSA) is 13.0 Å². The Kier molecular flexibility index (Phi) is 7.50. The predicted octanol–water partition coefficient (Wildman–Crippen LogP) is 3.63. The van der Waals surface area contributed by atoms with Gasteiger partial charge in [-0.25, -0.2) is 0 Å². The Bertz CT molecular complexity index is 462. The van der Waals surface area contributed by atoms with Crippen LogP contribution in [0.15, 0.2) is 0 Å². The summed E-state index contributed by atoms with van der Waals surface area (Å²) in [5.74, 6) is 1.80. The number of nitrogens with zero attached hydrogens (tertiary/aromatic N) is 4. The SMILES string of the molecule is CC(C)(C)N1CCC(CN2CCN(CC3CCCN(C(C)(C)C)C3)CC2)CC1. The molecule has 3 fully saturated rings. The number of hydrogen-bond acceptors (Lipinski definition) is 4. The van der Waals surface area contributed by atoms with Gasteiger partial charge in [0.1, 0.15) is 0 Å². The molecule has 0 aromatic rings. The van der Waals surface area contributed by atoms with Crippen LogP contribution >= 0.6 is 0 Å². The first-order valence-corrected chi connectivity index (χ1v) is 12.1. The minimum Gasteiger partial charge on any atom is -0.301 e. The maximum atomic E-state index is 2.76. The van der Waals surface area contributed by atoms with Gasteiger partial charge < -0.3 is 9.80 Å². The van der Waals surface area contributed by atoms with Gasteiger partial charge in [0, 0.05) is 56.9 Å². The molecule has 0 amide bonds. The predicted molar refractivity (Wildman–Crippen MR) is 121 cm³/mol. The van der Waals surface area contributed by atoms with Crippen LogP contribution in [0.5, 0.6) is 0 Å². The largest absolute Gasteiger partial charge is 0.301 e. The summed E-state index contributed by atoms with van der Waals surface area (Å²) in [5.41, 5.74) is 0.679. The normalized spacial score (nSPS) is 28.7. The van der Waals surface area contributed by atoms with Crippen LogP contribution in [0.3, 0.4) is 0 Å². The number of piperidine rings is 2. The van der Waals surface area contributed by atoms with E-state index in [2.05, 4.69) is 61.1 Å². The van der Waals surface area contributed by atoms with Crippen LogP contribution in [0, 0.1) is 11.8 Å². The summed E-state index contributed by atoms with van der Waals surface area (Å²) in [6, 6.07) is 0. The minimum absolute atomic E-state index is 0.333. The summed E-state index contributed by atoms with van der Waals surface area (Å²) in [7, 11) is 0. The van der Waals surface area contributed by atoms with E-state index in [1.807, 2.05) is 0 Å². The van der Waals surface area contributed by atoms with Gasteiger partial charge in [0.25, 0.3) is 0 Å². The second-order valence-corrected chi connectivity index (χ2v) is 11.8. The van der Waals surface area contributed by atoms with E-state index < -0.39 is 0 Å². The molecule has 0 bridgehead atoms. The van der Waals surface area contributed by atoms with Crippen LogP contribution in [0.4, 0.5) is 0 Å². The molecule has 4 nitrogen and oxygen atoms in total. The molecule has 3 rings (SSSR count). The van der Waals surface area contributed by atoms with Crippen molar-refractivity contribution in [2.45, 2.75) is 78.3 Å². The molecule has 3 aliphatic rings. The Balaban J connectivity index is 1.35. The smallest absolute Gasteiger partial charge is 0.0125 e. The molecule has 0 aromatic heterocycles. The number of rotatable bonds is 4. The van der Waals surface area contributed by atoms with Gasteiger partial charge in [-0.05, 0) is 98.7 Å². The molecule has 3 heterocycles. The lowest BCUT2D eigenvalue weighted by Crippen LogP contribution is -2.53. The van der Waals surface area contributed by atoms with Crippen LogP contribution in [0.2, 0.25) is 0 Å². The first kappa shape index (κ1) is 22.5. The van der Waals surface area contributed by atoms with Crippen molar-refractivity contribution < 1.29 is 0 Å². The van der Waals surface area contributed by atoms with E-state index >= 15 is 0 Å². The van der Waals surface area contributed by atoms with Crippen molar-refractivity contribution in [3.05, 3.63) is 0 Å². The molecule has 4 heteroatoms. The zero-order chi connectivity index (χ0) is 20.4. The highest BCUT2D eigenvalue weighted by Crippen LogP contribution is 2.26.